The van der Waals surface area contributed by atoms with E-state index in [2.05, 4.69) is 22.4 Å². The number of amides is 2. The van der Waals surface area contributed by atoms with Crippen molar-refractivity contribution in [3.05, 3.63) is 77.9 Å². The van der Waals surface area contributed by atoms with Crippen molar-refractivity contribution in [1.82, 2.24) is 10.7 Å². The third kappa shape index (κ3) is 6.24. The minimum absolute atomic E-state index is 0.160. The molecule has 2 amide bonds. The summed E-state index contributed by atoms with van der Waals surface area (Å²) < 4.78 is 5.42. The number of nitrogens with zero attached hydrogens (tertiary/aromatic N) is 1. The largest absolute Gasteiger partial charge is 0.490 e. The molecule has 134 valence electrons. The molecule has 0 spiro atoms. The second-order valence-corrected chi connectivity index (χ2v) is 5.52. The molecule has 0 radical (unpaired) electrons. The molecule has 2 aromatic rings. The molecular formula is C20H21N3O3. The minimum Gasteiger partial charge on any atom is -0.490 e. The molecule has 26 heavy (non-hydrogen) atoms. The van der Waals surface area contributed by atoms with Crippen LogP contribution >= 0.6 is 0 Å². The quantitative estimate of drug-likeness (QED) is 0.435. The van der Waals surface area contributed by atoms with Crippen LogP contribution in [0.25, 0.3) is 0 Å². The zero-order chi connectivity index (χ0) is 18.8. The van der Waals surface area contributed by atoms with Gasteiger partial charge in [-0.3, -0.25) is 9.59 Å². The maximum atomic E-state index is 12.0. The van der Waals surface area contributed by atoms with E-state index in [0.717, 1.165) is 11.1 Å². The number of carbonyl (C=O) groups excluding carboxylic acids is 2. The topological polar surface area (TPSA) is 79.8 Å². The molecule has 6 heteroatoms. The van der Waals surface area contributed by atoms with E-state index in [0.29, 0.717) is 17.9 Å². The van der Waals surface area contributed by atoms with Gasteiger partial charge in [0.15, 0.2) is 0 Å². The lowest BCUT2D eigenvalue weighted by atomic mass is 10.1. The first kappa shape index (κ1) is 18.9. The molecule has 2 aromatic carbocycles. The molecule has 0 aromatic heterocycles. The first-order chi connectivity index (χ1) is 12.6. The van der Waals surface area contributed by atoms with Crippen LogP contribution in [0.1, 0.15) is 21.5 Å². The number of benzene rings is 2. The van der Waals surface area contributed by atoms with Crippen molar-refractivity contribution in [2.75, 3.05) is 13.2 Å². The predicted octanol–water partition coefficient (Wildman–Crippen LogP) is 2.44. The molecule has 0 saturated heterocycles. The van der Waals surface area contributed by atoms with E-state index in [-0.39, 0.29) is 12.5 Å². The molecule has 0 atom stereocenters. The van der Waals surface area contributed by atoms with Gasteiger partial charge in [0.25, 0.3) is 11.8 Å². The molecule has 0 aliphatic rings. The van der Waals surface area contributed by atoms with Crippen molar-refractivity contribution < 1.29 is 14.3 Å². The summed E-state index contributed by atoms with van der Waals surface area (Å²) in [5.41, 5.74) is 4.63. The predicted molar refractivity (Wildman–Crippen MR) is 101 cm³/mol. The summed E-state index contributed by atoms with van der Waals surface area (Å²) >= 11 is 0. The first-order valence-corrected chi connectivity index (χ1v) is 8.09. The Morgan fingerprint density at radius 1 is 1.19 bits per heavy atom. The summed E-state index contributed by atoms with van der Waals surface area (Å²) in [6, 6.07) is 14.4. The summed E-state index contributed by atoms with van der Waals surface area (Å²) in [4.78, 5) is 23.7. The second-order valence-electron chi connectivity index (χ2n) is 5.52. The summed E-state index contributed by atoms with van der Waals surface area (Å²) in [7, 11) is 0. The highest BCUT2D eigenvalue weighted by molar-refractivity contribution is 5.96. The molecule has 0 fully saturated rings. The van der Waals surface area contributed by atoms with E-state index in [9.17, 15) is 9.59 Å². The number of carbonyl (C=O) groups is 2. The number of hydrazone groups is 1. The molecule has 0 aliphatic heterocycles. The number of rotatable bonds is 8. The van der Waals surface area contributed by atoms with Crippen molar-refractivity contribution in [2.24, 2.45) is 5.10 Å². The molecule has 0 unspecified atom stereocenters. The van der Waals surface area contributed by atoms with Crippen LogP contribution < -0.4 is 15.5 Å². The Kier molecular flexibility index (Phi) is 7.12. The third-order valence-electron chi connectivity index (χ3n) is 3.32. The van der Waals surface area contributed by atoms with Gasteiger partial charge in [0.2, 0.25) is 0 Å². The van der Waals surface area contributed by atoms with Gasteiger partial charge < -0.3 is 10.1 Å². The summed E-state index contributed by atoms with van der Waals surface area (Å²) in [5.74, 6) is -0.0354. The van der Waals surface area contributed by atoms with Gasteiger partial charge in [-0.05, 0) is 36.8 Å². The summed E-state index contributed by atoms with van der Waals surface area (Å²) in [6.07, 6.45) is 3.16. The Balaban J connectivity index is 1.80. The van der Waals surface area contributed by atoms with E-state index >= 15 is 0 Å². The van der Waals surface area contributed by atoms with Gasteiger partial charge in [-0.25, -0.2) is 5.43 Å². The Morgan fingerprint density at radius 2 is 2.00 bits per heavy atom. The van der Waals surface area contributed by atoms with Crippen molar-refractivity contribution in [3.63, 3.8) is 0 Å². The van der Waals surface area contributed by atoms with Gasteiger partial charge in [0.05, 0.1) is 12.8 Å². The molecule has 2 N–H and O–H groups in total. The SMILES string of the molecule is C=CCOc1cccc(C=NNC(=O)CNC(=O)c2cccc(C)c2)c1. The van der Waals surface area contributed by atoms with Crippen molar-refractivity contribution >= 4 is 18.0 Å². The Bertz CT molecular complexity index is 815. The van der Waals surface area contributed by atoms with E-state index in [4.69, 9.17) is 4.74 Å². The Hall–Kier alpha value is -3.41. The number of nitrogens with one attached hydrogen (secondary N) is 2. The van der Waals surface area contributed by atoms with Crippen LogP contribution in [0.3, 0.4) is 0 Å². The smallest absolute Gasteiger partial charge is 0.259 e. The van der Waals surface area contributed by atoms with Crippen LogP contribution in [0.2, 0.25) is 0 Å². The zero-order valence-corrected chi connectivity index (χ0v) is 14.6. The monoisotopic (exact) mass is 351 g/mol. The lowest BCUT2D eigenvalue weighted by molar-refractivity contribution is -0.120. The lowest BCUT2D eigenvalue weighted by Crippen LogP contribution is -2.34. The fourth-order valence-corrected chi connectivity index (χ4v) is 2.11. The number of ether oxygens (including phenoxy) is 1. The molecule has 0 bridgehead atoms. The molecular weight excluding hydrogens is 330 g/mol. The van der Waals surface area contributed by atoms with Crippen LogP contribution in [-0.4, -0.2) is 31.2 Å². The second kappa shape index (κ2) is 9.78. The third-order valence-corrected chi connectivity index (χ3v) is 3.32. The fraction of sp³-hybridized carbons (Fsp3) is 0.150. The van der Waals surface area contributed by atoms with Crippen LogP contribution in [-0.2, 0) is 4.79 Å². The highest BCUT2D eigenvalue weighted by atomic mass is 16.5. The molecule has 2 rings (SSSR count). The average molecular weight is 351 g/mol. The maximum Gasteiger partial charge on any atom is 0.259 e. The number of aryl methyl sites for hydroxylation is 1. The van der Waals surface area contributed by atoms with E-state index in [1.807, 2.05) is 31.2 Å². The van der Waals surface area contributed by atoms with Gasteiger partial charge in [-0.15, -0.1) is 0 Å². The fourth-order valence-electron chi connectivity index (χ4n) is 2.11. The van der Waals surface area contributed by atoms with Crippen molar-refractivity contribution in [1.29, 1.82) is 0 Å². The number of hydrogen-bond acceptors (Lipinski definition) is 4. The van der Waals surface area contributed by atoms with Crippen molar-refractivity contribution in [2.45, 2.75) is 6.92 Å². The van der Waals surface area contributed by atoms with Crippen LogP contribution in [0.15, 0.2) is 66.3 Å². The number of hydrogen-bond donors (Lipinski definition) is 2. The Labute approximate surface area is 152 Å². The summed E-state index contributed by atoms with van der Waals surface area (Å²) in [5, 5.41) is 6.43. The van der Waals surface area contributed by atoms with Crippen LogP contribution in [0, 0.1) is 6.92 Å². The zero-order valence-electron chi connectivity index (χ0n) is 14.6. The first-order valence-electron chi connectivity index (χ1n) is 8.09. The van der Waals surface area contributed by atoms with Gasteiger partial charge in [-0.1, -0.05) is 42.5 Å². The molecule has 0 heterocycles. The van der Waals surface area contributed by atoms with Gasteiger partial charge >= 0.3 is 0 Å². The van der Waals surface area contributed by atoms with E-state index in [1.54, 1.807) is 30.3 Å². The van der Waals surface area contributed by atoms with Crippen LogP contribution in [0.5, 0.6) is 5.75 Å². The highest BCUT2D eigenvalue weighted by Gasteiger charge is 2.07. The van der Waals surface area contributed by atoms with Gasteiger partial charge in [-0.2, -0.15) is 5.10 Å². The summed E-state index contributed by atoms with van der Waals surface area (Å²) in [6.45, 7) is 5.74. The maximum absolute atomic E-state index is 12.0. The normalized spacial score (nSPS) is 10.3. The minimum atomic E-state index is -0.415. The van der Waals surface area contributed by atoms with Crippen LogP contribution in [0.4, 0.5) is 0 Å². The standard InChI is InChI=1S/C20H21N3O3/c1-3-10-26-18-9-5-7-16(12-18)13-22-23-19(24)14-21-20(25)17-8-4-6-15(2)11-17/h3-9,11-13H,1,10,14H2,2H3,(H,21,25)(H,23,24). The lowest BCUT2D eigenvalue weighted by Gasteiger charge is -2.05. The molecule has 6 nitrogen and oxygen atoms in total. The van der Waals surface area contributed by atoms with E-state index in [1.165, 1.54) is 6.21 Å². The van der Waals surface area contributed by atoms with Gasteiger partial charge in [0.1, 0.15) is 12.4 Å². The highest BCUT2D eigenvalue weighted by Crippen LogP contribution is 2.11. The average Bonchev–Trinajstić information content (AvgIpc) is 2.65. The van der Waals surface area contributed by atoms with E-state index < -0.39 is 5.91 Å². The Morgan fingerprint density at radius 3 is 2.77 bits per heavy atom. The molecule has 0 saturated carbocycles. The molecule has 0 aliphatic carbocycles. The van der Waals surface area contributed by atoms with Crippen molar-refractivity contribution in [3.8, 4) is 5.75 Å². The van der Waals surface area contributed by atoms with Gasteiger partial charge in [0, 0.05) is 5.56 Å².